The number of nitrogens with one attached hydrogen (secondary N) is 1. The van der Waals surface area contributed by atoms with Crippen molar-refractivity contribution in [2.75, 3.05) is 61.6 Å². The second-order valence-corrected chi connectivity index (χ2v) is 15.4. The van der Waals surface area contributed by atoms with Gasteiger partial charge in [-0.25, -0.2) is 0 Å². The molecule has 2 N–H and O–H groups in total. The van der Waals surface area contributed by atoms with Crippen LogP contribution in [0.1, 0.15) is 74.1 Å². The van der Waals surface area contributed by atoms with Gasteiger partial charge in [0.15, 0.2) is 17.7 Å². The van der Waals surface area contributed by atoms with E-state index in [4.69, 9.17) is 28.4 Å². The molecule has 3 aliphatic heterocycles. The Morgan fingerprint density at radius 3 is 2.33 bits per heavy atom. The molecule has 0 saturated carbocycles. The number of ketones is 1. The minimum atomic E-state index is -1.14. The smallest absolute Gasteiger partial charge is 0.316 e. The van der Waals surface area contributed by atoms with Gasteiger partial charge in [-0.05, 0) is 80.6 Å². The number of cyclic esters (lactones) is 1. The van der Waals surface area contributed by atoms with E-state index in [-0.39, 0.29) is 48.2 Å². The first-order valence-corrected chi connectivity index (χ1v) is 18.0. The summed E-state index contributed by atoms with van der Waals surface area (Å²) >= 11 is 0. The summed E-state index contributed by atoms with van der Waals surface area (Å²) in [7, 11) is 9.08. The van der Waals surface area contributed by atoms with Gasteiger partial charge in [0, 0.05) is 51.2 Å². The summed E-state index contributed by atoms with van der Waals surface area (Å²) in [6.45, 7) is 15.5. The van der Waals surface area contributed by atoms with Crippen molar-refractivity contribution in [3.8, 4) is 0 Å². The molecule has 0 aromatic rings. The van der Waals surface area contributed by atoms with E-state index in [9.17, 15) is 19.5 Å². The summed E-state index contributed by atoms with van der Waals surface area (Å²) in [6.07, 6.45) is -2.28. The van der Waals surface area contributed by atoms with E-state index in [1.165, 1.54) is 0 Å². The molecule has 284 valence electrons. The van der Waals surface area contributed by atoms with Crippen molar-refractivity contribution in [2.45, 2.75) is 128 Å². The lowest BCUT2D eigenvalue weighted by molar-refractivity contribution is -0.298. The van der Waals surface area contributed by atoms with E-state index in [0.29, 0.717) is 45.5 Å². The van der Waals surface area contributed by atoms with Gasteiger partial charge in [-0.2, -0.15) is 0 Å². The Kier molecular flexibility index (Phi) is 15.0. The number of methoxy groups -OCH3 is 2. The van der Waals surface area contributed by atoms with Crippen LogP contribution in [-0.2, 0) is 42.8 Å². The van der Waals surface area contributed by atoms with Crippen LogP contribution in [0.3, 0.4) is 0 Å². The highest BCUT2D eigenvalue weighted by Crippen LogP contribution is 2.42. The minimum absolute atomic E-state index is 0.0430. The molecule has 0 aliphatic carbocycles. The lowest BCUT2D eigenvalue weighted by Crippen LogP contribution is -2.60. The van der Waals surface area contributed by atoms with Crippen molar-refractivity contribution in [3.05, 3.63) is 0 Å². The maximum absolute atomic E-state index is 14.2. The number of likely N-dealkylation sites (N-methyl/N-ethyl adjacent to an activating group) is 2. The molecule has 0 aromatic heterocycles. The maximum Gasteiger partial charge on any atom is 0.316 e. The number of fused-ring (bicyclic) bond motifs is 1. The molecule has 0 spiro atoms. The third-order valence-electron chi connectivity index (χ3n) is 11.3. The monoisotopic (exact) mass is 699 g/mol. The molecule has 49 heavy (non-hydrogen) atoms. The first-order chi connectivity index (χ1) is 22.9. The number of esters is 2. The Hall–Kier alpha value is -1.71. The number of ether oxygens (including phenoxy) is 6. The third-order valence-corrected chi connectivity index (χ3v) is 11.3. The van der Waals surface area contributed by atoms with Crippen LogP contribution < -0.4 is 5.32 Å². The van der Waals surface area contributed by atoms with E-state index in [1.54, 1.807) is 28.1 Å². The van der Waals surface area contributed by atoms with E-state index in [1.807, 2.05) is 53.7 Å². The highest BCUT2D eigenvalue weighted by Gasteiger charge is 2.55. The Balaban J connectivity index is 2.00. The number of Topliss-reactive ketones (excluding diaryl/α,β-unsaturated/α-hetero) is 1. The minimum Gasteiger partial charge on any atom is -0.458 e. The molecule has 0 radical (unpaired) electrons. The van der Waals surface area contributed by atoms with Gasteiger partial charge in [0.05, 0.1) is 30.8 Å². The van der Waals surface area contributed by atoms with Crippen molar-refractivity contribution in [1.82, 2.24) is 15.1 Å². The molecule has 0 bridgehead atoms. The van der Waals surface area contributed by atoms with Crippen LogP contribution in [0, 0.1) is 23.7 Å². The van der Waals surface area contributed by atoms with Crippen LogP contribution in [0.2, 0.25) is 0 Å². The van der Waals surface area contributed by atoms with Gasteiger partial charge in [0.1, 0.15) is 18.1 Å². The molecule has 3 fully saturated rings. The fraction of sp³-hybridized carbons (Fsp3) is 0.917. The van der Waals surface area contributed by atoms with Crippen LogP contribution in [-0.4, -0.2) is 148 Å². The van der Waals surface area contributed by atoms with Crippen LogP contribution in [0.15, 0.2) is 0 Å². The number of nitrogens with zero attached hydrogens (tertiary/aromatic N) is 2. The van der Waals surface area contributed by atoms with Gasteiger partial charge in [-0.1, -0.05) is 20.8 Å². The Morgan fingerprint density at radius 1 is 1.06 bits per heavy atom. The molecule has 13 nitrogen and oxygen atoms in total. The molecule has 13 heteroatoms. The quantitative estimate of drug-likeness (QED) is 0.254. The predicted octanol–water partition coefficient (Wildman–Crippen LogP) is 2.26. The second-order valence-electron chi connectivity index (χ2n) is 15.4. The van der Waals surface area contributed by atoms with Gasteiger partial charge in [-0.15, -0.1) is 0 Å². The average Bonchev–Trinajstić information content (AvgIpc) is 3.37. The highest BCUT2D eigenvalue weighted by molar-refractivity contribution is 6.00. The molecule has 3 heterocycles. The molecular weight excluding hydrogens is 634 g/mol. The predicted molar refractivity (Wildman–Crippen MR) is 184 cm³/mol. The number of aliphatic hydroxyl groups excluding tert-OH is 1. The first-order valence-electron chi connectivity index (χ1n) is 18.0. The molecule has 5 unspecified atom stereocenters. The number of hydrogen-bond donors (Lipinski definition) is 2. The van der Waals surface area contributed by atoms with Gasteiger partial charge in [0.25, 0.3) is 0 Å². The highest BCUT2D eigenvalue weighted by atomic mass is 16.7. The van der Waals surface area contributed by atoms with Gasteiger partial charge >= 0.3 is 11.9 Å². The summed E-state index contributed by atoms with van der Waals surface area (Å²) in [5, 5.41) is 15.2. The fourth-order valence-corrected chi connectivity index (χ4v) is 8.12. The van der Waals surface area contributed by atoms with Gasteiger partial charge in [-0.3, -0.25) is 14.4 Å². The van der Waals surface area contributed by atoms with Crippen LogP contribution in [0.5, 0.6) is 0 Å². The molecule has 3 aliphatic rings. The second kappa shape index (κ2) is 17.7. The molecule has 0 aromatic carbocycles. The van der Waals surface area contributed by atoms with Gasteiger partial charge in [0.2, 0.25) is 0 Å². The molecule has 3 rings (SSSR count). The van der Waals surface area contributed by atoms with Gasteiger partial charge < -0.3 is 48.6 Å². The summed E-state index contributed by atoms with van der Waals surface area (Å²) in [5.74, 6) is -3.58. The van der Waals surface area contributed by atoms with E-state index < -0.39 is 53.6 Å². The Labute approximate surface area is 294 Å². The average molecular weight is 700 g/mol. The normalized spacial score (nSPS) is 41.6. The molecular formula is C36H65N3O10. The first kappa shape index (κ1) is 41.7. The van der Waals surface area contributed by atoms with E-state index in [2.05, 4.69) is 17.1 Å². The zero-order valence-electron chi connectivity index (χ0n) is 32.0. The van der Waals surface area contributed by atoms with E-state index >= 15 is 0 Å². The third kappa shape index (κ3) is 9.79. The summed E-state index contributed by atoms with van der Waals surface area (Å²) in [5.41, 5.74) is -2.07. The molecule has 13 atom stereocenters. The zero-order chi connectivity index (χ0) is 36.8. The number of carbonyl (C=O) groups excluding carboxylic acids is 3. The Bertz CT molecular complexity index is 1110. The topological polar surface area (TPSA) is 145 Å². The largest absolute Gasteiger partial charge is 0.458 e. The van der Waals surface area contributed by atoms with Crippen molar-refractivity contribution < 1.29 is 47.9 Å². The van der Waals surface area contributed by atoms with Crippen molar-refractivity contribution >= 4 is 17.7 Å². The number of hydrogen-bond acceptors (Lipinski definition) is 13. The van der Waals surface area contributed by atoms with E-state index in [0.717, 1.165) is 0 Å². The summed E-state index contributed by atoms with van der Waals surface area (Å²) in [4.78, 5) is 44.6. The van der Waals surface area contributed by atoms with Crippen molar-refractivity contribution in [2.24, 2.45) is 23.7 Å². The maximum atomic E-state index is 14.2. The van der Waals surface area contributed by atoms with Crippen LogP contribution >= 0.6 is 0 Å². The van der Waals surface area contributed by atoms with Crippen LogP contribution in [0.4, 0.5) is 0 Å². The number of aliphatic hydroxyl groups is 1. The number of carbonyl (C=O) groups is 3. The lowest BCUT2D eigenvalue weighted by atomic mass is 9.78. The summed E-state index contributed by atoms with van der Waals surface area (Å²) in [6, 6.07) is -0.399. The lowest BCUT2D eigenvalue weighted by Gasteiger charge is -2.47. The van der Waals surface area contributed by atoms with Crippen molar-refractivity contribution in [1.29, 1.82) is 0 Å². The zero-order valence-corrected chi connectivity index (χ0v) is 32.0. The Morgan fingerprint density at radius 2 is 1.73 bits per heavy atom. The van der Waals surface area contributed by atoms with Crippen molar-refractivity contribution in [3.63, 3.8) is 0 Å². The standard InChI is InChI=1S/C36H65N3O10/c1-13-28-36(7)26(17-29(40)49-36)24(5)37-19-21(2)18-35(6,45-12)32(22(3)30(41)23(4)33(43)47-28)48-34-31(42)27(38(8)9)16-25(46-34)20-39(10)14-15-44-11/h21-28,31-32,34,37,42H,13-20H2,1-12H3/t21-,22+,23?,24-,25?,26-,27?,28-,31?,32-,34?,35-,36+/m1/s1. The molecule has 3 saturated heterocycles. The number of rotatable bonds is 10. The van der Waals surface area contributed by atoms with Crippen LogP contribution in [0.25, 0.3) is 0 Å². The SMILES string of the molecule is CC[C@H]1OC(=O)C(C)C(=O)[C@H](C)[C@@H](OC2OC(CN(C)CCOC)CC(N(C)C)C2O)[C@](C)(OC)C[C@@H](C)CN[C@H](C)[C@H]2CC(=O)O[C@@]21C. The summed E-state index contributed by atoms with van der Waals surface area (Å²) < 4.78 is 36.6. The molecule has 0 amide bonds. The fourth-order valence-electron chi connectivity index (χ4n) is 8.12.